The first-order valence-corrected chi connectivity index (χ1v) is 5.11. The molecular weight excluding hydrogens is 246 g/mol. The van der Waals surface area contributed by atoms with Crippen LogP contribution in [-0.4, -0.2) is 42.3 Å². The molecule has 104 valence electrons. The van der Waals surface area contributed by atoms with Gasteiger partial charge in [0.2, 0.25) is 0 Å². The van der Waals surface area contributed by atoms with E-state index in [1.807, 2.05) is 12.2 Å². The van der Waals surface area contributed by atoms with E-state index in [0.717, 1.165) is 6.42 Å². The molecule has 4 heteroatoms. The fraction of sp³-hybridized carbons (Fsp3) is 0.615. The number of hydrogen-bond donors (Lipinski definition) is 0. The second-order valence-electron chi connectivity index (χ2n) is 2.34. The third kappa shape index (κ3) is 124. The Labute approximate surface area is 124 Å². The summed E-state index contributed by atoms with van der Waals surface area (Å²) in [6.45, 7) is 5.00. The maximum atomic E-state index is 3.50. The molecule has 0 aliphatic heterocycles. The van der Waals surface area contributed by atoms with Gasteiger partial charge >= 0.3 is 0 Å². The SMILES string of the molecule is C[N-]C.C[N-]C.C[N-]C.[C-]1=CC=CC1.[CH2-]C.[Ti]. The van der Waals surface area contributed by atoms with E-state index in [2.05, 4.69) is 35.0 Å². The largest absolute Gasteiger partial charge is 0.668 e. The number of allylic oxidation sites excluding steroid dienone is 4. The van der Waals surface area contributed by atoms with Crippen LogP contribution in [0.25, 0.3) is 16.0 Å². The quantitative estimate of drug-likeness (QED) is 0.473. The first-order valence-electron chi connectivity index (χ1n) is 5.11. The second kappa shape index (κ2) is 56.0. The zero-order valence-electron chi connectivity index (χ0n) is 12.5. The monoisotopic (exact) mass is 274 g/mol. The molecule has 0 aromatic heterocycles. The standard InChI is InChI=1S/C5H5.3C2H6N.C2H5.Ti/c1-2-4-5-3-1;3*1-3-2;1-2;/h1-3H,4H2;3*1-2H3;1H2,2H3;/q5*-1;. The predicted octanol–water partition coefficient (Wildman–Crippen LogP) is 4.00. The predicted molar refractivity (Wildman–Crippen MR) is 78.2 cm³/mol. The van der Waals surface area contributed by atoms with Crippen LogP contribution in [-0.2, 0) is 21.7 Å². The van der Waals surface area contributed by atoms with Gasteiger partial charge in [0.25, 0.3) is 0 Å². The summed E-state index contributed by atoms with van der Waals surface area (Å²) in [5.41, 5.74) is 0. The van der Waals surface area contributed by atoms with Gasteiger partial charge in [-0.2, -0.15) is 55.3 Å². The molecule has 1 aliphatic carbocycles. The van der Waals surface area contributed by atoms with E-state index < -0.39 is 0 Å². The first-order chi connectivity index (χ1) is 7.74. The van der Waals surface area contributed by atoms with Gasteiger partial charge in [-0.3, -0.25) is 6.08 Å². The van der Waals surface area contributed by atoms with Gasteiger partial charge in [-0.15, -0.1) is 6.42 Å². The molecule has 0 atom stereocenters. The van der Waals surface area contributed by atoms with Gasteiger partial charge in [0.05, 0.1) is 0 Å². The van der Waals surface area contributed by atoms with Crippen LogP contribution in [0.1, 0.15) is 13.3 Å². The average Bonchev–Trinajstić information content (AvgIpc) is 2.81. The number of nitrogens with zero attached hydrogens (tertiary/aromatic N) is 3. The van der Waals surface area contributed by atoms with Crippen molar-refractivity contribution in [1.29, 1.82) is 0 Å². The Morgan fingerprint density at radius 3 is 1.24 bits per heavy atom. The van der Waals surface area contributed by atoms with Crippen molar-refractivity contribution in [2.45, 2.75) is 13.3 Å². The Morgan fingerprint density at radius 1 is 0.882 bits per heavy atom. The molecule has 0 unspecified atom stereocenters. The van der Waals surface area contributed by atoms with Crippen LogP contribution in [0.3, 0.4) is 0 Å². The Hall–Kier alpha value is 0.0743. The normalized spacial score (nSPS) is 8.71. The summed E-state index contributed by atoms with van der Waals surface area (Å²) in [7, 11) is 10.5. The number of hydrogen-bond acceptors (Lipinski definition) is 0. The fourth-order valence-corrected chi connectivity index (χ4v) is 0.340. The molecule has 0 saturated carbocycles. The van der Waals surface area contributed by atoms with Gasteiger partial charge in [-0.25, -0.2) is 12.2 Å². The van der Waals surface area contributed by atoms with Crippen LogP contribution >= 0.6 is 0 Å². The van der Waals surface area contributed by atoms with E-state index in [1.165, 1.54) is 0 Å². The average molecular weight is 274 g/mol. The summed E-state index contributed by atoms with van der Waals surface area (Å²) >= 11 is 0. The molecule has 0 radical (unpaired) electrons. The Kier molecular flexibility index (Phi) is 99.7. The molecule has 0 amide bonds. The molecule has 0 bridgehead atoms. The zero-order valence-corrected chi connectivity index (χ0v) is 14.0. The number of rotatable bonds is 0. The molecule has 0 saturated heterocycles. The van der Waals surface area contributed by atoms with Crippen molar-refractivity contribution in [3.8, 4) is 0 Å². The van der Waals surface area contributed by atoms with E-state index in [-0.39, 0.29) is 21.7 Å². The molecular formula is C13H28N3Ti-5. The zero-order chi connectivity index (χ0) is 13.7. The van der Waals surface area contributed by atoms with Crippen molar-refractivity contribution < 1.29 is 21.7 Å². The van der Waals surface area contributed by atoms with Gasteiger partial charge in [0, 0.05) is 21.7 Å². The third-order valence-corrected chi connectivity index (χ3v) is 0.586. The van der Waals surface area contributed by atoms with Crippen LogP contribution in [0.15, 0.2) is 18.2 Å². The van der Waals surface area contributed by atoms with Crippen molar-refractivity contribution >= 4 is 0 Å². The van der Waals surface area contributed by atoms with Crippen LogP contribution in [0.2, 0.25) is 0 Å². The van der Waals surface area contributed by atoms with Gasteiger partial charge in [-0.1, -0.05) is 0 Å². The van der Waals surface area contributed by atoms with E-state index >= 15 is 0 Å². The molecule has 0 aromatic carbocycles. The van der Waals surface area contributed by atoms with E-state index in [1.54, 1.807) is 49.2 Å². The smallest absolute Gasteiger partial charge is 0 e. The van der Waals surface area contributed by atoms with Crippen LogP contribution < -0.4 is 0 Å². The topological polar surface area (TPSA) is 42.3 Å². The van der Waals surface area contributed by atoms with E-state index in [0.29, 0.717) is 0 Å². The van der Waals surface area contributed by atoms with Crippen LogP contribution in [0, 0.1) is 13.0 Å². The van der Waals surface area contributed by atoms with Crippen molar-refractivity contribution in [3.63, 3.8) is 0 Å². The molecule has 0 aromatic rings. The molecule has 0 heterocycles. The molecule has 17 heavy (non-hydrogen) atoms. The third-order valence-electron chi connectivity index (χ3n) is 0.586. The van der Waals surface area contributed by atoms with Crippen molar-refractivity contribution in [1.82, 2.24) is 0 Å². The van der Waals surface area contributed by atoms with Crippen molar-refractivity contribution in [3.05, 3.63) is 47.2 Å². The Balaban J connectivity index is -0.0000000365. The summed E-state index contributed by atoms with van der Waals surface area (Å²) in [5, 5.41) is 10.5. The maximum Gasteiger partial charge on any atom is 0 e. The van der Waals surface area contributed by atoms with Crippen molar-refractivity contribution in [2.24, 2.45) is 0 Å². The van der Waals surface area contributed by atoms with Crippen LogP contribution in [0.4, 0.5) is 0 Å². The summed E-state index contributed by atoms with van der Waals surface area (Å²) in [6.07, 6.45) is 10.0. The molecule has 0 spiro atoms. The van der Waals surface area contributed by atoms with Gasteiger partial charge in [-0.05, 0) is 0 Å². The molecule has 3 nitrogen and oxygen atoms in total. The first kappa shape index (κ1) is 30.3. The van der Waals surface area contributed by atoms with Gasteiger partial charge in [0.15, 0.2) is 0 Å². The van der Waals surface area contributed by atoms with Gasteiger partial charge < -0.3 is 22.9 Å². The van der Waals surface area contributed by atoms with Crippen molar-refractivity contribution in [2.75, 3.05) is 42.3 Å². The fourth-order valence-electron chi connectivity index (χ4n) is 0.340. The van der Waals surface area contributed by atoms with Crippen LogP contribution in [0.5, 0.6) is 0 Å². The molecule has 1 aliphatic rings. The van der Waals surface area contributed by atoms with E-state index in [9.17, 15) is 0 Å². The minimum atomic E-state index is 0. The minimum absolute atomic E-state index is 0. The summed E-state index contributed by atoms with van der Waals surface area (Å²) < 4.78 is 0. The summed E-state index contributed by atoms with van der Waals surface area (Å²) in [6, 6.07) is 0. The Bertz CT molecular complexity index is 100. The van der Waals surface area contributed by atoms with E-state index in [4.69, 9.17) is 0 Å². The second-order valence-corrected chi connectivity index (χ2v) is 2.34. The molecule has 0 N–H and O–H groups in total. The Morgan fingerprint density at radius 2 is 1.18 bits per heavy atom. The maximum absolute atomic E-state index is 3.50. The summed E-state index contributed by atoms with van der Waals surface area (Å²) in [5.74, 6) is 0. The molecule has 1 rings (SSSR count). The summed E-state index contributed by atoms with van der Waals surface area (Å²) in [4.78, 5) is 0. The minimum Gasteiger partial charge on any atom is -0.668 e. The molecule has 0 fully saturated rings. The van der Waals surface area contributed by atoms with Gasteiger partial charge in [0.1, 0.15) is 0 Å².